The van der Waals surface area contributed by atoms with E-state index in [-0.39, 0.29) is 0 Å². The Morgan fingerprint density at radius 1 is 0.714 bits per heavy atom. The smallest absolute Gasteiger partial charge is 0.115 e. The summed E-state index contributed by atoms with van der Waals surface area (Å²) in [5.41, 5.74) is 6.32. The molecule has 0 saturated heterocycles. The first-order chi connectivity index (χ1) is 10.2. The van der Waals surface area contributed by atoms with Gasteiger partial charge in [0.2, 0.25) is 0 Å². The maximum absolute atomic E-state index is 2.44. The number of nitrogens with zero attached hydrogens (tertiary/aromatic N) is 1. The minimum absolute atomic E-state index is 0.650. The average molecular weight is 278 g/mol. The molecule has 0 bridgehead atoms. The first-order valence-electron chi connectivity index (χ1n) is 8.17. The van der Waals surface area contributed by atoms with E-state index in [1.165, 1.54) is 25.7 Å². The molecule has 0 N–H and O–H groups in total. The standard InChI is InChI=1S/C20H24N/c1-21(2,19-13-11-15-7-3-5-9-17(15)19)20-14-12-16-8-4-6-10-18(16)20/h3-10,19-20H,11-14H2,1-2H3/q+1/t19-,20-/m1/s1. The highest BCUT2D eigenvalue weighted by atomic mass is 15.4. The highest BCUT2D eigenvalue weighted by Crippen LogP contribution is 2.47. The average Bonchev–Trinajstić information content (AvgIpc) is 3.12. The lowest BCUT2D eigenvalue weighted by Crippen LogP contribution is -2.44. The maximum Gasteiger partial charge on any atom is 0.115 e. The van der Waals surface area contributed by atoms with Gasteiger partial charge < -0.3 is 4.48 Å². The summed E-state index contributed by atoms with van der Waals surface area (Å²) < 4.78 is 1.11. The zero-order valence-electron chi connectivity index (χ0n) is 13.0. The normalized spacial score (nSPS) is 23.9. The fourth-order valence-electron chi connectivity index (χ4n) is 4.67. The van der Waals surface area contributed by atoms with Crippen LogP contribution in [0, 0.1) is 0 Å². The summed E-state index contributed by atoms with van der Waals surface area (Å²) in [5, 5.41) is 0. The molecule has 1 nitrogen and oxygen atoms in total. The van der Waals surface area contributed by atoms with Crippen LogP contribution in [-0.2, 0) is 12.8 Å². The van der Waals surface area contributed by atoms with Crippen LogP contribution < -0.4 is 0 Å². The van der Waals surface area contributed by atoms with Crippen LogP contribution in [0.5, 0.6) is 0 Å². The van der Waals surface area contributed by atoms with Crippen molar-refractivity contribution in [1.82, 2.24) is 0 Å². The molecule has 4 rings (SSSR count). The second-order valence-electron chi connectivity index (χ2n) is 7.14. The summed E-state index contributed by atoms with van der Waals surface area (Å²) in [6.45, 7) is 0. The molecule has 2 aliphatic rings. The van der Waals surface area contributed by atoms with E-state index in [9.17, 15) is 0 Å². The Labute approximate surface area is 127 Å². The molecule has 0 unspecified atom stereocenters. The molecule has 0 aliphatic heterocycles. The third-order valence-corrected chi connectivity index (χ3v) is 5.81. The summed E-state index contributed by atoms with van der Waals surface area (Å²) >= 11 is 0. The summed E-state index contributed by atoms with van der Waals surface area (Å²) in [6, 6.07) is 19.4. The van der Waals surface area contributed by atoms with E-state index in [2.05, 4.69) is 62.6 Å². The van der Waals surface area contributed by atoms with Gasteiger partial charge in [-0.2, -0.15) is 0 Å². The van der Waals surface area contributed by atoms with Gasteiger partial charge in [0.05, 0.1) is 14.1 Å². The minimum Gasteiger partial charge on any atom is -0.316 e. The zero-order valence-corrected chi connectivity index (χ0v) is 13.0. The third kappa shape index (κ3) is 1.95. The van der Waals surface area contributed by atoms with Crippen molar-refractivity contribution in [1.29, 1.82) is 0 Å². The van der Waals surface area contributed by atoms with Gasteiger partial charge in [0.1, 0.15) is 12.1 Å². The molecule has 21 heavy (non-hydrogen) atoms. The lowest BCUT2D eigenvalue weighted by atomic mass is 9.99. The minimum atomic E-state index is 0.650. The Morgan fingerprint density at radius 2 is 1.14 bits per heavy atom. The fourth-order valence-corrected chi connectivity index (χ4v) is 4.67. The molecule has 2 aliphatic carbocycles. The van der Waals surface area contributed by atoms with Gasteiger partial charge in [-0.25, -0.2) is 0 Å². The number of quaternary nitrogens is 1. The molecule has 2 aromatic rings. The molecular formula is C20H24N+. The van der Waals surface area contributed by atoms with Crippen LogP contribution in [-0.4, -0.2) is 18.6 Å². The number of aryl methyl sites for hydroxylation is 2. The van der Waals surface area contributed by atoms with E-state index in [0.29, 0.717) is 12.1 Å². The number of benzene rings is 2. The lowest BCUT2D eigenvalue weighted by Gasteiger charge is -2.42. The van der Waals surface area contributed by atoms with E-state index in [4.69, 9.17) is 0 Å². The number of fused-ring (bicyclic) bond motifs is 2. The van der Waals surface area contributed by atoms with Gasteiger partial charge in [-0.15, -0.1) is 0 Å². The quantitative estimate of drug-likeness (QED) is 0.713. The molecule has 0 spiro atoms. The summed E-state index contributed by atoms with van der Waals surface area (Å²) in [6.07, 6.45) is 5.09. The highest BCUT2D eigenvalue weighted by molar-refractivity contribution is 5.35. The maximum atomic E-state index is 2.44. The number of hydrogen-bond acceptors (Lipinski definition) is 0. The van der Waals surface area contributed by atoms with Crippen LogP contribution in [0.25, 0.3) is 0 Å². The van der Waals surface area contributed by atoms with Crippen molar-refractivity contribution in [3.8, 4) is 0 Å². The summed E-state index contributed by atoms with van der Waals surface area (Å²) in [4.78, 5) is 0. The molecule has 108 valence electrons. The predicted octanol–water partition coefficient (Wildman–Crippen LogP) is 4.44. The second-order valence-corrected chi connectivity index (χ2v) is 7.14. The Morgan fingerprint density at radius 3 is 1.62 bits per heavy atom. The van der Waals surface area contributed by atoms with Crippen molar-refractivity contribution in [3.63, 3.8) is 0 Å². The molecule has 0 heterocycles. The van der Waals surface area contributed by atoms with Crippen molar-refractivity contribution in [3.05, 3.63) is 70.8 Å². The molecule has 0 fully saturated rings. The summed E-state index contributed by atoms with van der Waals surface area (Å²) in [5.74, 6) is 0. The van der Waals surface area contributed by atoms with Gasteiger partial charge >= 0.3 is 0 Å². The Bertz CT molecular complexity index is 614. The van der Waals surface area contributed by atoms with Gasteiger partial charge in [-0.1, -0.05) is 48.5 Å². The zero-order chi connectivity index (χ0) is 14.4. The SMILES string of the molecule is C[N+](C)([C@@H]1CCc2ccccc21)[C@@H]1CCc2ccccc21. The van der Waals surface area contributed by atoms with Gasteiger partial charge in [0, 0.05) is 24.0 Å². The molecule has 2 aromatic carbocycles. The molecule has 0 saturated carbocycles. The largest absolute Gasteiger partial charge is 0.316 e. The van der Waals surface area contributed by atoms with Crippen LogP contribution in [0.15, 0.2) is 48.5 Å². The van der Waals surface area contributed by atoms with E-state index < -0.39 is 0 Å². The van der Waals surface area contributed by atoms with Crippen LogP contribution >= 0.6 is 0 Å². The van der Waals surface area contributed by atoms with E-state index in [1.54, 1.807) is 22.3 Å². The fraction of sp³-hybridized carbons (Fsp3) is 0.400. The van der Waals surface area contributed by atoms with Crippen molar-refractivity contribution >= 4 is 0 Å². The second kappa shape index (κ2) is 4.71. The van der Waals surface area contributed by atoms with Gasteiger partial charge in [-0.05, 0) is 24.0 Å². The van der Waals surface area contributed by atoms with Crippen molar-refractivity contribution in [2.75, 3.05) is 14.1 Å². The predicted molar refractivity (Wildman–Crippen MR) is 87.1 cm³/mol. The van der Waals surface area contributed by atoms with E-state index in [1.807, 2.05) is 0 Å². The molecule has 0 radical (unpaired) electrons. The van der Waals surface area contributed by atoms with Crippen LogP contribution in [0.4, 0.5) is 0 Å². The van der Waals surface area contributed by atoms with Crippen LogP contribution in [0.1, 0.15) is 47.2 Å². The molecule has 1 heteroatoms. The number of rotatable bonds is 2. The van der Waals surface area contributed by atoms with Gasteiger partial charge in [0.25, 0.3) is 0 Å². The monoisotopic (exact) mass is 278 g/mol. The Balaban J connectivity index is 1.73. The Hall–Kier alpha value is -1.60. The van der Waals surface area contributed by atoms with Gasteiger partial charge in [-0.3, -0.25) is 0 Å². The van der Waals surface area contributed by atoms with Crippen LogP contribution in [0.2, 0.25) is 0 Å². The van der Waals surface area contributed by atoms with Crippen molar-refractivity contribution in [2.45, 2.75) is 37.8 Å². The molecule has 0 amide bonds. The van der Waals surface area contributed by atoms with Crippen molar-refractivity contribution < 1.29 is 4.48 Å². The van der Waals surface area contributed by atoms with E-state index in [0.717, 1.165) is 4.48 Å². The number of hydrogen-bond donors (Lipinski definition) is 0. The van der Waals surface area contributed by atoms with Crippen LogP contribution in [0.3, 0.4) is 0 Å². The highest BCUT2D eigenvalue weighted by Gasteiger charge is 2.43. The van der Waals surface area contributed by atoms with Crippen molar-refractivity contribution in [2.24, 2.45) is 0 Å². The molecular weight excluding hydrogens is 254 g/mol. The first kappa shape index (κ1) is 13.1. The Kier molecular flexibility index (Phi) is 2.93. The summed E-state index contributed by atoms with van der Waals surface area (Å²) in [7, 11) is 4.89. The van der Waals surface area contributed by atoms with Gasteiger partial charge in [0.15, 0.2) is 0 Å². The van der Waals surface area contributed by atoms with E-state index >= 15 is 0 Å². The topological polar surface area (TPSA) is 0 Å². The molecule has 0 aromatic heterocycles. The third-order valence-electron chi connectivity index (χ3n) is 5.81. The first-order valence-corrected chi connectivity index (χ1v) is 8.17. The lowest BCUT2D eigenvalue weighted by molar-refractivity contribution is -0.950. The molecule has 2 atom stereocenters.